The van der Waals surface area contributed by atoms with E-state index in [4.69, 9.17) is 10.4 Å². The van der Waals surface area contributed by atoms with Crippen molar-refractivity contribution in [2.24, 2.45) is 5.41 Å². The van der Waals surface area contributed by atoms with Crippen molar-refractivity contribution in [1.29, 1.82) is 0 Å². The van der Waals surface area contributed by atoms with Gasteiger partial charge in [-0.25, -0.2) is 9.97 Å². The van der Waals surface area contributed by atoms with Gasteiger partial charge in [-0.15, -0.1) is 0 Å². The summed E-state index contributed by atoms with van der Waals surface area (Å²) in [6.45, 7) is 10.0. The Kier molecular flexibility index (Phi) is 3.79. The summed E-state index contributed by atoms with van der Waals surface area (Å²) in [4.78, 5) is 7.64. The van der Waals surface area contributed by atoms with E-state index in [2.05, 4.69) is 30.7 Å². The van der Waals surface area contributed by atoms with Crippen LogP contribution in [0.15, 0.2) is 12.4 Å². The molecule has 0 aliphatic carbocycles. The molecule has 5 nitrogen and oxygen atoms in total. The molecule has 0 saturated carbocycles. The molecule has 0 amide bonds. The molecule has 0 atom stereocenters. The normalized spacial score (nSPS) is 12.6. The molecule has 6 heteroatoms. The Bertz CT molecular complexity index is 373. The van der Waals surface area contributed by atoms with Gasteiger partial charge in [-0.2, -0.15) is 0 Å². The molecule has 0 aliphatic heterocycles. The van der Waals surface area contributed by atoms with E-state index >= 15 is 0 Å². The van der Waals surface area contributed by atoms with Crippen molar-refractivity contribution in [1.82, 2.24) is 9.97 Å². The number of hydrogen-bond donors (Lipinski definition) is 2. The molecule has 0 spiro atoms. The molecule has 0 fully saturated rings. The van der Waals surface area contributed by atoms with E-state index in [0.717, 1.165) is 0 Å². The smallest absolute Gasteiger partial charge is 0.423 e. The molecule has 1 rings (SSSR count). The number of rotatable bonds is 3. The minimum atomic E-state index is -1.05. The van der Waals surface area contributed by atoms with Crippen LogP contribution in [0, 0.1) is 5.41 Å². The second-order valence-corrected chi connectivity index (χ2v) is 5.61. The summed E-state index contributed by atoms with van der Waals surface area (Å²) in [6.07, 6.45) is 2.93. The van der Waals surface area contributed by atoms with E-state index in [-0.39, 0.29) is 11.4 Å². The number of aromatic nitrogens is 2. The SMILES string of the molecule is CC(C)(C)C(C)(C)OB(O)c1cnc(N)nc1. The lowest BCUT2D eigenvalue weighted by Crippen LogP contribution is -2.48. The lowest BCUT2D eigenvalue weighted by molar-refractivity contribution is -0.0129. The Morgan fingerprint density at radius 1 is 1.18 bits per heavy atom. The Morgan fingerprint density at radius 2 is 1.65 bits per heavy atom. The summed E-state index contributed by atoms with van der Waals surface area (Å²) >= 11 is 0. The van der Waals surface area contributed by atoms with Gasteiger partial charge in [0.05, 0.1) is 5.60 Å². The molecule has 0 saturated heterocycles. The molecule has 1 heterocycles. The first-order valence-corrected chi connectivity index (χ1v) is 5.57. The van der Waals surface area contributed by atoms with Crippen molar-refractivity contribution in [2.75, 3.05) is 5.73 Å². The molecule has 1 aromatic rings. The Labute approximate surface area is 103 Å². The first-order chi connectivity index (χ1) is 7.63. The van der Waals surface area contributed by atoms with Gasteiger partial charge >= 0.3 is 7.12 Å². The average Bonchev–Trinajstić information content (AvgIpc) is 2.16. The first kappa shape index (κ1) is 13.9. The van der Waals surface area contributed by atoms with Gasteiger partial charge < -0.3 is 15.4 Å². The van der Waals surface area contributed by atoms with Crippen LogP contribution in [0.4, 0.5) is 5.95 Å². The minimum Gasteiger partial charge on any atom is -0.423 e. The Hall–Kier alpha value is -1.14. The zero-order valence-corrected chi connectivity index (χ0v) is 11.1. The number of anilines is 1. The molecule has 17 heavy (non-hydrogen) atoms. The van der Waals surface area contributed by atoms with E-state index in [1.54, 1.807) is 0 Å². The van der Waals surface area contributed by atoms with Crippen LogP contribution < -0.4 is 11.2 Å². The number of nitrogens with two attached hydrogens (primary N) is 1. The van der Waals surface area contributed by atoms with Crippen LogP contribution in [0.3, 0.4) is 0 Å². The second-order valence-electron chi connectivity index (χ2n) is 5.61. The molecule has 0 bridgehead atoms. The van der Waals surface area contributed by atoms with Crippen LogP contribution in [0.5, 0.6) is 0 Å². The van der Waals surface area contributed by atoms with Gasteiger partial charge in [-0.1, -0.05) is 20.8 Å². The zero-order chi connectivity index (χ0) is 13.3. The fraction of sp³-hybridized carbons (Fsp3) is 0.636. The molecule has 3 N–H and O–H groups in total. The van der Waals surface area contributed by atoms with Crippen LogP contribution in [0.1, 0.15) is 34.6 Å². The summed E-state index contributed by atoms with van der Waals surface area (Å²) in [5, 5.41) is 9.97. The lowest BCUT2D eigenvalue weighted by Gasteiger charge is -2.39. The van der Waals surface area contributed by atoms with Crippen molar-refractivity contribution in [2.45, 2.75) is 40.2 Å². The minimum absolute atomic E-state index is 0.0946. The van der Waals surface area contributed by atoms with E-state index in [9.17, 15) is 5.02 Å². The van der Waals surface area contributed by atoms with E-state index in [1.807, 2.05) is 13.8 Å². The van der Waals surface area contributed by atoms with Gasteiger partial charge in [-0.05, 0) is 19.3 Å². The topological polar surface area (TPSA) is 81.3 Å². The van der Waals surface area contributed by atoms with Gasteiger partial charge in [0.2, 0.25) is 5.95 Å². The van der Waals surface area contributed by atoms with Crippen molar-refractivity contribution in [3.05, 3.63) is 12.4 Å². The molecule has 0 radical (unpaired) electrons. The predicted molar refractivity (Wildman–Crippen MR) is 68.7 cm³/mol. The van der Waals surface area contributed by atoms with E-state index in [0.29, 0.717) is 5.46 Å². The first-order valence-electron chi connectivity index (χ1n) is 5.57. The zero-order valence-electron chi connectivity index (χ0n) is 11.1. The average molecular weight is 237 g/mol. The second kappa shape index (κ2) is 4.62. The monoisotopic (exact) mass is 237 g/mol. The summed E-state index contributed by atoms with van der Waals surface area (Å²) < 4.78 is 5.66. The quantitative estimate of drug-likeness (QED) is 0.752. The molecule has 0 aliphatic rings. The van der Waals surface area contributed by atoms with Crippen LogP contribution in [-0.4, -0.2) is 27.7 Å². The van der Waals surface area contributed by atoms with Crippen molar-refractivity contribution in [3.8, 4) is 0 Å². The predicted octanol–water partition coefficient (Wildman–Crippen LogP) is 0.588. The molecule has 1 aromatic heterocycles. The largest absolute Gasteiger partial charge is 0.494 e. The molecular weight excluding hydrogens is 217 g/mol. The van der Waals surface area contributed by atoms with Crippen molar-refractivity contribution < 1.29 is 9.68 Å². The maximum absolute atomic E-state index is 9.97. The highest BCUT2D eigenvalue weighted by molar-refractivity contribution is 6.59. The van der Waals surface area contributed by atoms with Gasteiger partial charge in [-0.3, -0.25) is 0 Å². The van der Waals surface area contributed by atoms with Gasteiger partial charge in [0, 0.05) is 17.9 Å². The van der Waals surface area contributed by atoms with Crippen LogP contribution in [0.2, 0.25) is 0 Å². The third-order valence-electron chi connectivity index (χ3n) is 3.19. The van der Waals surface area contributed by atoms with E-state index in [1.165, 1.54) is 12.4 Å². The molecule has 0 aromatic carbocycles. The maximum atomic E-state index is 9.97. The molecular formula is C11H20BN3O2. The van der Waals surface area contributed by atoms with Crippen LogP contribution in [-0.2, 0) is 4.65 Å². The molecule has 0 unspecified atom stereocenters. The third-order valence-corrected chi connectivity index (χ3v) is 3.19. The highest BCUT2D eigenvalue weighted by Crippen LogP contribution is 2.33. The highest BCUT2D eigenvalue weighted by atomic mass is 16.5. The van der Waals surface area contributed by atoms with Gasteiger partial charge in [0.1, 0.15) is 0 Å². The van der Waals surface area contributed by atoms with Gasteiger partial charge in [0.25, 0.3) is 0 Å². The van der Waals surface area contributed by atoms with Gasteiger partial charge in [0.15, 0.2) is 0 Å². The Morgan fingerprint density at radius 3 is 2.06 bits per heavy atom. The summed E-state index contributed by atoms with van der Waals surface area (Å²) in [6, 6.07) is 0. The number of nitrogen functional groups attached to an aromatic ring is 1. The maximum Gasteiger partial charge on any atom is 0.494 e. The Balaban J connectivity index is 2.79. The van der Waals surface area contributed by atoms with Crippen LogP contribution >= 0.6 is 0 Å². The summed E-state index contributed by atoms with van der Waals surface area (Å²) in [5.74, 6) is 0.177. The summed E-state index contributed by atoms with van der Waals surface area (Å²) in [5.41, 5.74) is 5.30. The third kappa shape index (κ3) is 3.41. The fourth-order valence-corrected chi connectivity index (χ4v) is 0.999. The molecule has 94 valence electrons. The highest BCUT2D eigenvalue weighted by Gasteiger charge is 2.37. The fourth-order valence-electron chi connectivity index (χ4n) is 0.999. The van der Waals surface area contributed by atoms with Crippen molar-refractivity contribution >= 4 is 18.5 Å². The number of hydrogen-bond acceptors (Lipinski definition) is 5. The standard InChI is InChI=1S/C11H20BN3O2/c1-10(2,3)11(4,5)17-12(16)8-6-14-9(13)15-7-8/h6-7,16H,1-5H3,(H2,13,14,15). The van der Waals surface area contributed by atoms with Crippen LogP contribution in [0.25, 0.3) is 0 Å². The lowest BCUT2D eigenvalue weighted by atomic mass is 9.74. The van der Waals surface area contributed by atoms with E-state index < -0.39 is 12.7 Å². The summed E-state index contributed by atoms with van der Waals surface area (Å²) in [7, 11) is -1.05. The van der Waals surface area contributed by atoms with Crippen molar-refractivity contribution in [3.63, 3.8) is 0 Å². The number of nitrogens with zero attached hydrogens (tertiary/aromatic N) is 2.